The van der Waals surface area contributed by atoms with Gasteiger partial charge in [0.25, 0.3) is 5.56 Å². The Morgan fingerprint density at radius 1 is 1.17 bits per heavy atom. The number of halogens is 1. The fourth-order valence-electron chi connectivity index (χ4n) is 4.32. The van der Waals surface area contributed by atoms with Crippen LogP contribution >= 0.6 is 0 Å². The van der Waals surface area contributed by atoms with E-state index in [4.69, 9.17) is 9.72 Å². The first-order valence-corrected chi connectivity index (χ1v) is 11.6. The summed E-state index contributed by atoms with van der Waals surface area (Å²) in [6, 6.07) is 5.86. The van der Waals surface area contributed by atoms with Crippen LogP contribution in [0.15, 0.2) is 29.1 Å². The number of nitrogens with zero attached hydrogens (tertiary/aromatic N) is 4. The number of carbonyl (C=O) groups is 2. The highest BCUT2D eigenvalue weighted by Crippen LogP contribution is 2.31. The average Bonchev–Trinajstić information content (AvgIpc) is 2.80. The molecule has 11 heteroatoms. The number of anilines is 2. The molecule has 2 aromatic rings. The summed E-state index contributed by atoms with van der Waals surface area (Å²) in [5.74, 6) is -1.22. The second-order valence-electron chi connectivity index (χ2n) is 9.76. The fourth-order valence-corrected chi connectivity index (χ4v) is 4.32. The van der Waals surface area contributed by atoms with Crippen LogP contribution in [0.25, 0.3) is 0 Å². The molecule has 0 spiro atoms. The van der Waals surface area contributed by atoms with Crippen molar-refractivity contribution < 1.29 is 23.8 Å². The molecule has 2 aliphatic heterocycles. The molecule has 188 valence electrons. The second-order valence-corrected chi connectivity index (χ2v) is 9.76. The molecule has 1 aromatic carbocycles. The summed E-state index contributed by atoms with van der Waals surface area (Å²) in [5, 5.41) is 12.7. The zero-order valence-electron chi connectivity index (χ0n) is 20.1. The molecule has 35 heavy (non-hydrogen) atoms. The van der Waals surface area contributed by atoms with Crippen molar-refractivity contribution in [1.29, 1.82) is 0 Å². The van der Waals surface area contributed by atoms with Crippen molar-refractivity contribution >= 4 is 23.7 Å². The van der Waals surface area contributed by atoms with Crippen LogP contribution < -0.4 is 15.8 Å². The Balaban J connectivity index is 1.58. The van der Waals surface area contributed by atoms with Crippen molar-refractivity contribution in [2.75, 3.05) is 36.4 Å². The van der Waals surface area contributed by atoms with Crippen molar-refractivity contribution in [2.45, 2.75) is 51.8 Å². The number of fused-ring (bicyclic) bond motifs is 1. The van der Waals surface area contributed by atoms with E-state index in [1.54, 1.807) is 37.8 Å². The predicted molar refractivity (Wildman–Crippen MR) is 127 cm³/mol. The van der Waals surface area contributed by atoms with Gasteiger partial charge in [-0.3, -0.25) is 14.2 Å². The van der Waals surface area contributed by atoms with Crippen molar-refractivity contribution in [3.63, 3.8) is 0 Å². The van der Waals surface area contributed by atoms with E-state index in [1.807, 2.05) is 4.90 Å². The van der Waals surface area contributed by atoms with Gasteiger partial charge in [-0.25, -0.2) is 14.2 Å². The molecule has 0 radical (unpaired) electrons. The van der Waals surface area contributed by atoms with Gasteiger partial charge in [0.1, 0.15) is 23.7 Å². The van der Waals surface area contributed by atoms with Crippen LogP contribution in [0.1, 0.15) is 44.5 Å². The molecule has 0 saturated carbocycles. The number of rotatable bonds is 4. The van der Waals surface area contributed by atoms with Crippen LogP contribution in [-0.4, -0.2) is 63.4 Å². The maximum absolute atomic E-state index is 13.4. The van der Waals surface area contributed by atoms with Crippen LogP contribution in [0.2, 0.25) is 0 Å². The smallest absolute Gasteiger partial charge is 0.410 e. The molecule has 1 aromatic heterocycles. The SMILES string of the molecule is CC(C)(C)OC(=O)N1CCN(c2nc3c(c(=O)n2CC(=O)O)NC(c2ccc(F)cc2)CC3)CC1. The lowest BCUT2D eigenvalue weighted by atomic mass is 9.96. The predicted octanol–water partition coefficient (Wildman–Crippen LogP) is 2.62. The Bertz CT molecular complexity index is 1170. The number of carboxylic acids is 1. The highest BCUT2D eigenvalue weighted by atomic mass is 19.1. The van der Waals surface area contributed by atoms with E-state index in [1.165, 1.54) is 12.1 Å². The molecule has 0 bridgehead atoms. The summed E-state index contributed by atoms with van der Waals surface area (Å²) in [6.45, 7) is 6.36. The number of aryl methyl sites for hydroxylation is 1. The number of aliphatic carboxylic acids is 1. The van der Waals surface area contributed by atoms with E-state index in [0.717, 1.165) is 10.1 Å². The van der Waals surface area contributed by atoms with Crippen molar-refractivity contribution in [1.82, 2.24) is 14.5 Å². The molecule has 1 amide bonds. The second kappa shape index (κ2) is 9.55. The van der Waals surface area contributed by atoms with Gasteiger partial charge in [-0.05, 0) is 51.3 Å². The molecule has 1 atom stereocenters. The standard InChI is InChI=1S/C24H30FN5O5/c1-24(2,3)35-23(34)29-12-10-28(11-13-29)22-27-18-9-8-17(15-4-6-16(25)7-5-15)26-20(18)21(33)30(22)14-19(31)32/h4-7,17,26H,8-14H2,1-3H3,(H,31,32). The number of nitrogens with one attached hydrogen (secondary N) is 1. The fraction of sp³-hybridized carbons (Fsp3) is 0.500. The minimum Gasteiger partial charge on any atom is -0.480 e. The van der Waals surface area contributed by atoms with E-state index in [2.05, 4.69) is 5.32 Å². The topological polar surface area (TPSA) is 117 Å². The van der Waals surface area contributed by atoms with Crippen LogP contribution in [0.3, 0.4) is 0 Å². The van der Waals surface area contributed by atoms with Gasteiger partial charge in [-0.1, -0.05) is 12.1 Å². The highest BCUT2D eigenvalue weighted by Gasteiger charge is 2.31. The Hall–Kier alpha value is -3.63. The van der Waals surface area contributed by atoms with Crippen LogP contribution in [0, 0.1) is 5.82 Å². The number of hydrogen-bond donors (Lipinski definition) is 2. The normalized spacial score (nSPS) is 18.0. The minimum atomic E-state index is -1.16. The maximum Gasteiger partial charge on any atom is 0.410 e. The quantitative estimate of drug-likeness (QED) is 0.676. The molecule has 3 heterocycles. The lowest BCUT2D eigenvalue weighted by molar-refractivity contribution is -0.137. The summed E-state index contributed by atoms with van der Waals surface area (Å²) >= 11 is 0. The minimum absolute atomic E-state index is 0.209. The lowest BCUT2D eigenvalue weighted by Crippen LogP contribution is -2.51. The van der Waals surface area contributed by atoms with Gasteiger partial charge in [0.2, 0.25) is 5.95 Å². The Morgan fingerprint density at radius 2 is 1.83 bits per heavy atom. The third-order valence-electron chi connectivity index (χ3n) is 5.99. The Kier molecular flexibility index (Phi) is 6.68. The van der Waals surface area contributed by atoms with Crippen molar-refractivity contribution in [3.8, 4) is 0 Å². The lowest BCUT2D eigenvalue weighted by Gasteiger charge is -2.37. The third kappa shape index (κ3) is 5.55. The maximum atomic E-state index is 13.4. The molecular weight excluding hydrogens is 457 g/mol. The summed E-state index contributed by atoms with van der Waals surface area (Å²) in [4.78, 5) is 45.5. The Morgan fingerprint density at radius 3 is 2.43 bits per heavy atom. The van der Waals surface area contributed by atoms with Crippen molar-refractivity contribution in [2.24, 2.45) is 0 Å². The van der Waals surface area contributed by atoms with E-state index < -0.39 is 29.8 Å². The Labute approximate surface area is 202 Å². The first-order chi connectivity index (χ1) is 16.5. The van der Waals surface area contributed by atoms with Crippen LogP contribution in [0.4, 0.5) is 20.8 Å². The zero-order valence-corrected chi connectivity index (χ0v) is 20.1. The number of carboxylic acid groups (broad SMARTS) is 1. The van der Waals surface area contributed by atoms with E-state index in [9.17, 15) is 23.9 Å². The third-order valence-corrected chi connectivity index (χ3v) is 5.99. The molecule has 1 saturated heterocycles. The average molecular weight is 488 g/mol. The highest BCUT2D eigenvalue weighted by molar-refractivity contribution is 5.69. The molecule has 2 N–H and O–H groups in total. The summed E-state index contributed by atoms with van der Waals surface area (Å²) in [6.07, 6.45) is 0.757. The van der Waals surface area contributed by atoms with Crippen LogP contribution in [0.5, 0.6) is 0 Å². The molecule has 2 aliphatic rings. The number of piperazine rings is 1. The van der Waals surface area contributed by atoms with E-state index >= 15 is 0 Å². The van der Waals surface area contributed by atoms with Gasteiger partial charge in [0.05, 0.1) is 11.7 Å². The van der Waals surface area contributed by atoms with Crippen LogP contribution in [-0.2, 0) is 22.5 Å². The number of ether oxygens (including phenoxy) is 1. The number of amides is 1. The zero-order chi connectivity index (χ0) is 25.3. The summed E-state index contributed by atoms with van der Waals surface area (Å²) in [7, 11) is 0. The van der Waals surface area contributed by atoms with E-state index in [-0.39, 0.29) is 23.5 Å². The number of hydrogen-bond acceptors (Lipinski definition) is 7. The monoisotopic (exact) mass is 487 g/mol. The first kappa shape index (κ1) is 24.5. The number of benzene rings is 1. The number of aromatic nitrogens is 2. The van der Waals surface area contributed by atoms with Gasteiger partial charge in [-0.2, -0.15) is 0 Å². The molecule has 0 aliphatic carbocycles. The van der Waals surface area contributed by atoms with Gasteiger partial charge in [-0.15, -0.1) is 0 Å². The molecule has 4 rings (SSSR count). The van der Waals surface area contributed by atoms with Gasteiger partial charge in [0.15, 0.2) is 0 Å². The molecular formula is C24H30FN5O5. The summed E-state index contributed by atoms with van der Waals surface area (Å²) < 4.78 is 19.9. The molecule has 1 unspecified atom stereocenters. The van der Waals surface area contributed by atoms with Gasteiger partial charge >= 0.3 is 12.1 Å². The molecule has 1 fully saturated rings. The van der Waals surface area contributed by atoms with E-state index in [0.29, 0.717) is 44.7 Å². The molecule has 10 nitrogen and oxygen atoms in total. The number of carbonyl (C=O) groups excluding carboxylic acids is 1. The van der Waals surface area contributed by atoms with Gasteiger partial charge in [0, 0.05) is 26.2 Å². The largest absolute Gasteiger partial charge is 0.480 e. The first-order valence-electron chi connectivity index (χ1n) is 11.6. The summed E-state index contributed by atoms with van der Waals surface area (Å²) in [5.41, 5.74) is 0.606. The van der Waals surface area contributed by atoms with Gasteiger partial charge < -0.3 is 25.0 Å². The van der Waals surface area contributed by atoms with Crippen molar-refractivity contribution in [3.05, 3.63) is 51.7 Å².